The first-order valence-electron chi connectivity index (χ1n) is 11.2. The van der Waals surface area contributed by atoms with Crippen LogP contribution in [0.15, 0.2) is 59.7 Å². The Hall–Kier alpha value is -3.78. The van der Waals surface area contributed by atoms with Crippen molar-refractivity contribution in [2.75, 3.05) is 19.8 Å². The van der Waals surface area contributed by atoms with Crippen LogP contribution >= 0.6 is 0 Å². The molecule has 0 atom stereocenters. The van der Waals surface area contributed by atoms with Gasteiger partial charge in [0.05, 0.1) is 24.0 Å². The molecule has 5 rings (SSSR count). The first kappa shape index (κ1) is 21.1. The molecule has 2 aromatic carbocycles. The second kappa shape index (κ2) is 8.99. The lowest BCUT2D eigenvalue weighted by atomic mass is 10.3. The van der Waals surface area contributed by atoms with Crippen LogP contribution in [0.4, 0.5) is 0 Å². The summed E-state index contributed by atoms with van der Waals surface area (Å²) in [4.78, 5) is 27.9. The van der Waals surface area contributed by atoms with Crippen LogP contribution in [0.2, 0.25) is 0 Å². The van der Waals surface area contributed by atoms with Gasteiger partial charge in [0.1, 0.15) is 16.7 Å². The number of benzene rings is 2. The molecule has 0 amide bonds. The van der Waals surface area contributed by atoms with Crippen molar-refractivity contribution >= 4 is 33.2 Å². The molecule has 8 heteroatoms. The van der Waals surface area contributed by atoms with E-state index in [4.69, 9.17) is 19.4 Å². The number of aromatic nitrogens is 5. The standard InChI is InChI=1S/C25H25N5O3/c1-3-32-15-7-14-29-16-26-23-21(25(29)31)22-24(28-20-9-6-5-8-19(20)27-22)30(23)17-10-12-18(13-11-17)33-4-2/h5-6,8-13,16H,3-4,7,14-15H2,1-2H3. The Kier molecular flexibility index (Phi) is 5.75. The quantitative estimate of drug-likeness (QED) is 0.336. The van der Waals surface area contributed by atoms with Gasteiger partial charge in [0.2, 0.25) is 0 Å². The topological polar surface area (TPSA) is 84.1 Å². The molecule has 0 N–H and O–H groups in total. The highest BCUT2D eigenvalue weighted by atomic mass is 16.5. The maximum atomic E-state index is 13.5. The van der Waals surface area contributed by atoms with Gasteiger partial charge in [-0.2, -0.15) is 0 Å². The predicted octanol–water partition coefficient (Wildman–Crippen LogP) is 4.11. The highest BCUT2D eigenvalue weighted by molar-refractivity contribution is 6.05. The molecule has 0 radical (unpaired) electrons. The summed E-state index contributed by atoms with van der Waals surface area (Å²) >= 11 is 0. The van der Waals surface area contributed by atoms with Gasteiger partial charge >= 0.3 is 0 Å². The molecular weight excluding hydrogens is 418 g/mol. The zero-order chi connectivity index (χ0) is 22.8. The molecule has 5 aromatic rings. The number of hydrogen-bond donors (Lipinski definition) is 0. The molecule has 0 spiro atoms. The third kappa shape index (κ3) is 3.82. The fraction of sp³-hybridized carbons (Fsp3) is 0.280. The Morgan fingerprint density at radius 1 is 0.909 bits per heavy atom. The van der Waals surface area contributed by atoms with Gasteiger partial charge in [0.25, 0.3) is 5.56 Å². The molecule has 168 valence electrons. The molecule has 0 unspecified atom stereocenters. The molecule has 3 heterocycles. The Morgan fingerprint density at radius 2 is 1.67 bits per heavy atom. The first-order chi connectivity index (χ1) is 16.2. The lowest BCUT2D eigenvalue weighted by molar-refractivity contribution is 0.141. The van der Waals surface area contributed by atoms with Crippen LogP contribution in [0.3, 0.4) is 0 Å². The molecule has 0 aliphatic carbocycles. The summed E-state index contributed by atoms with van der Waals surface area (Å²) in [5, 5.41) is 0.469. The van der Waals surface area contributed by atoms with Crippen molar-refractivity contribution in [3.05, 3.63) is 65.2 Å². The van der Waals surface area contributed by atoms with Crippen LogP contribution in [-0.2, 0) is 11.3 Å². The average Bonchev–Trinajstić information content (AvgIpc) is 3.16. The monoisotopic (exact) mass is 443 g/mol. The van der Waals surface area contributed by atoms with Gasteiger partial charge in [-0.1, -0.05) is 12.1 Å². The number of para-hydroxylation sites is 2. The van der Waals surface area contributed by atoms with Gasteiger partial charge in [-0.25, -0.2) is 15.0 Å². The SMILES string of the molecule is CCOCCCn1cnc2c(c1=O)c1nc3ccccc3nc1n2-c1ccc(OCC)cc1. The minimum Gasteiger partial charge on any atom is -0.494 e. The van der Waals surface area contributed by atoms with Gasteiger partial charge in [-0.15, -0.1) is 0 Å². The summed E-state index contributed by atoms with van der Waals surface area (Å²) in [6.45, 7) is 6.28. The lowest BCUT2D eigenvalue weighted by Gasteiger charge is -2.09. The van der Waals surface area contributed by atoms with Crippen LogP contribution in [0.25, 0.3) is 38.9 Å². The molecule has 0 saturated heterocycles. The normalized spacial score (nSPS) is 11.6. The van der Waals surface area contributed by atoms with Gasteiger partial charge in [0.15, 0.2) is 11.3 Å². The van der Waals surface area contributed by atoms with E-state index in [1.807, 2.05) is 66.9 Å². The highest BCUT2D eigenvalue weighted by Crippen LogP contribution is 2.29. The Morgan fingerprint density at radius 3 is 2.39 bits per heavy atom. The maximum absolute atomic E-state index is 13.5. The van der Waals surface area contributed by atoms with E-state index in [2.05, 4.69) is 4.98 Å². The van der Waals surface area contributed by atoms with E-state index in [1.165, 1.54) is 0 Å². The minimum atomic E-state index is -0.129. The maximum Gasteiger partial charge on any atom is 0.265 e. The summed E-state index contributed by atoms with van der Waals surface area (Å²) in [6.07, 6.45) is 2.33. The number of hydrogen-bond acceptors (Lipinski definition) is 6. The van der Waals surface area contributed by atoms with Gasteiger partial charge in [-0.05, 0) is 56.7 Å². The Labute approximate surface area is 190 Å². The fourth-order valence-electron chi connectivity index (χ4n) is 4.02. The molecular formula is C25H25N5O3. The number of ether oxygens (including phenoxy) is 2. The van der Waals surface area contributed by atoms with Crippen LogP contribution in [0.5, 0.6) is 5.75 Å². The molecule has 8 nitrogen and oxygen atoms in total. The van der Waals surface area contributed by atoms with Crippen LogP contribution < -0.4 is 10.3 Å². The summed E-state index contributed by atoms with van der Waals surface area (Å²) in [6, 6.07) is 15.3. The van der Waals surface area contributed by atoms with E-state index in [1.54, 1.807) is 10.9 Å². The minimum absolute atomic E-state index is 0.129. The van der Waals surface area contributed by atoms with Crippen molar-refractivity contribution in [2.24, 2.45) is 0 Å². The predicted molar refractivity (Wildman–Crippen MR) is 128 cm³/mol. The largest absolute Gasteiger partial charge is 0.494 e. The second-order valence-corrected chi connectivity index (χ2v) is 7.64. The van der Waals surface area contributed by atoms with E-state index in [-0.39, 0.29) is 5.56 Å². The lowest BCUT2D eigenvalue weighted by Crippen LogP contribution is -2.21. The zero-order valence-corrected chi connectivity index (χ0v) is 18.7. The van der Waals surface area contributed by atoms with E-state index in [0.717, 1.165) is 28.9 Å². The average molecular weight is 444 g/mol. The van der Waals surface area contributed by atoms with Crippen molar-refractivity contribution in [3.63, 3.8) is 0 Å². The van der Waals surface area contributed by atoms with Gasteiger partial charge in [-0.3, -0.25) is 13.9 Å². The van der Waals surface area contributed by atoms with E-state index >= 15 is 0 Å². The molecule has 3 aromatic heterocycles. The Bertz CT molecular complexity index is 1490. The number of rotatable bonds is 8. The van der Waals surface area contributed by atoms with Crippen LogP contribution in [-0.4, -0.2) is 43.9 Å². The summed E-state index contributed by atoms with van der Waals surface area (Å²) in [5.41, 5.74) is 3.90. The zero-order valence-electron chi connectivity index (χ0n) is 18.7. The fourth-order valence-corrected chi connectivity index (χ4v) is 4.02. The second-order valence-electron chi connectivity index (χ2n) is 7.64. The van der Waals surface area contributed by atoms with Gasteiger partial charge in [0, 0.05) is 25.4 Å². The van der Waals surface area contributed by atoms with Crippen molar-refractivity contribution in [3.8, 4) is 11.4 Å². The molecule has 0 saturated carbocycles. The van der Waals surface area contributed by atoms with Crippen molar-refractivity contribution in [1.82, 2.24) is 24.1 Å². The third-order valence-electron chi connectivity index (χ3n) is 5.53. The van der Waals surface area contributed by atoms with Crippen LogP contribution in [0.1, 0.15) is 20.3 Å². The van der Waals surface area contributed by atoms with Crippen LogP contribution in [0, 0.1) is 0 Å². The van der Waals surface area contributed by atoms with E-state index < -0.39 is 0 Å². The highest BCUT2D eigenvalue weighted by Gasteiger charge is 2.20. The summed E-state index contributed by atoms with van der Waals surface area (Å²) < 4.78 is 14.5. The summed E-state index contributed by atoms with van der Waals surface area (Å²) in [7, 11) is 0. The molecule has 0 fully saturated rings. The van der Waals surface area contributed by atoms with E-state index in [9.17, 15) is 4.79 Å². The van der Waals surface area contributed by atoms with Crippen molar-refractivity contribution in [2.45, 2.75) is 26.8 Å². The molecule has 0 aliphatic rings. The number of fused-ring (bicyclic) bond motifs is 4. The van der Waals surface area contributed by atoms with Crippen molar-refractivity contribution < 1.29 is 9.47 Å². The van der Waals surface area contributed by atoms with Crippen molar-refractivity contribution in [1.29, 1.82) is 0 Å². The number of nitrogens with zero attached hydrogens (tertiary/aromatic N) is 5. The first-order valence-corrected chi connectivity index (χ1v) is 11.2. The smallest absolute Gasteiger partial charge is 0.265 e. The summed E-state index contributed by atoms with van der Waals surface area (Å²) in [5.74, 6) is 0.781. The molecule has 0 bridgehead atoms. The third-order valence-corrected chi connectivity index (χ3v) is 5.53. The number of aryl methyl sites for hydroxylation is 1. The molecule has 0 aliphatic heterocycles. The molecule has 33 heavy (non-hydrogen) atoms. The van der Waals surface area contributed by atoms with E-state index in [0.29, 0.717) is 48.6 Å². The van der Waals surface area contributed by atoms with Gasteiger partial charge < -0.3 is 9.47 Å². The Balaban J connectivity index is 1.74.